The smallest absolute Gasteiger partial charge is 0.303 e. The summed E-state index contributed by atoms with van der Waals surface area (Å²) in [6.07, 6.45) is 0.747. The number of carbonyl (C=O) groups is 3. The predicted molar refractivity (Wildman–Crippen MR) is 158 cm³/mol. The Hall–Kier alpha value is -3.77. The maximum Gasteiger partial charge on any atom is 0.303 e. The minimum atomic E-state index is -1.06. The van der Waals surface area contributed by atoms with Gasteiger partial charge >= 0.3 is 17.9 Å². The normalized spacial score (nSPS) is 22.2. The molecule has 12 heteroatoms. The molecule has 1 heterocycles. The first-order valence-corrected chi connectivity index (χ1v) is 14.9. The van der Waals surface area contributed by atoms with Crippen molar-refractivity contribution < 1.29 is 33.3 Å². The fraction of sp³-hybridized carbons (Fsp3) is 0.467. The maximum absolute atomic E-state index is 12.2. The number of hydrogen-bond donors (Lipinski definition) is 2. The summed E-state index contributed by atoms with van der Waals surface area (Å²) in [7, 11) is 0. The highest BCUT2D eigenvalue weighted by Crippen LogP contribution is 2.40. The second kappa shape index (κ2) is 15.5. The first kappa shape index (κ1) is 32.7. The van der Waals surface area contributed by atoms with E-state index in [1.54, 1.807) is 6.26 Å². The van der Waals surface area contributed by atoms with Gasteiger partial charge < -0.3 is 24.8 Å². The van der Waals surface area contributed by atoms with Crippen molar-refractivity contribution in [1.29, 1.82) is 5.53 Å². The van der Waals surface area contributed by atoms with E-state index in [2.05, 4.69) is 34.5 Å². The lowest BCUT2D eigenvalue weighted by Crippen LogP contribution is -2.57. The Balaban J connectivity index is 1.87. The van der Waals surface area contributed by atoms with Crippen LogP contribution >= 0.6 is 11.8 Å². The first-order valence-electron chi connectivity index (χ1n) is 13.6. The number of nitrogens with two attached hydrogens (primary N) is 1. The lowest BCUT2D eigenvalue weighted by molar-refractivity contribution is -0.233. The number of hydrazone groups is 1. The first-order chi connectivity index (χ1) is 20.1. The molecule has 5 atom stereocenters. The maximum atomic E-state index is 12.2. The zero-order chi connectivity index (χ0) is 30.8. The summed E-state index contributed by atoms with van der Waals surface area (Å²) < 4.78 is 23.1. The molecule has 0 saturated carbocycles. The fourth-order valence-corrected chi connectivity index (χ4v) is 5.64. The summed E-state index contributed by atoms with van der Waals surface area (Å²) in [4.78, 5) is 36.2. The van der Waals surface area contributed by atoms with Crippen molar-refractivity contribution in [2.24, 2.45) is 16.1 Å². The average molecular weight is 599 g/mol. The molecule has 42 heavy (non-hydrogen) atoms. The molecule has 0 aliphatic carbocycles. The lowest BCUT2D eigenvalue weighted by Gasteiger charge is -2.44. The molecule has 1 aliphatic heterocycles. The molecule has 0 unspecified atom stereocenters. The molecule has 2 aromatic carbocycles. The summed E-state index contributed by atoms with van der Waals surface area (Å²) in [6, 6.07) is 14.2. The third-order valence-electron chi connectivity index (χ3n) is 6.90. The van der Waals surface area contributed by atoms with E-state index in [0.717, 1.165) is 40.7 Å². The molecule has 1 aliphatic rings. The van der Waals surface area contributed by atoms with Gasteiger partial charge in [0.2, 0.25) is 0 Å². The van der Waals surface area contributed by atoms with Crippen LogP contribution in [0, 0.1) is 12.5 Å². The van der Waals surface area contributed by atoms with E-state index in [9.17, 15) is 14.4 Å². The van der Waals surface area contributed by atoms with Gasteiger partial charge in [0.05, 0.1) is 0 Å². The van der Waals surface area contributed by atoms with Gasteiger partial charge in [-0.25, -0.2) is 5.53 Å². The number of rotatable bonds is 11. The van der Waals surface area contributed by atoms with Crippen LogP contribution in [0.3, 0.4) is 0 Å². The zero-order valence-corrected chi connectivity index (χ0v) is 25.3. The standard InChI is InChI=1S/C30H38N4O7S/c1-17-9-14-23(16-24(17)15-22-12-10-21(11-13-22)7-6-8-25(33-31)34-32)26-27(38-18(2)35)28(39-19(3)36)29(40-20(4)37)30(41-26)42-5/h9-14,16,26-31H,6-8,15,32H2,1-5H3/b33-31?,34-25-/t26-,27-,28+,29-,30+/m0/s1. The van der Waals surface area contributed by atoms with Gasteiger partial charge in [-0.15, -0.1) is 16.9 Å². The molecular formula is C30H38N4O7S. The topological polar surface area (TPSA) is 163 Å². The molecule has 3 N–H and O–H groups in total. The van der Waals surface area contributed by atoms with Gasteiger partial charge in [0, 0.05) is 27.2 Å². The molecule has 1 saturated heterocycles. The van der Waals surface area contributed by atoms with E-state index >= 15 is 0 Å². The van der Waals surface area contributed by atoms with E-state index in [1.165, 1.54) is 32.5 Å². The van der Waals surface area contributed by atoms with E-state index in [4.69, 9.17) is 30.3 Å². The number of thioether (sulfide) groups is 1. The van der Waals surface area contributed by atoms with E-state index in [0.29, 0.717) is 18.7 Å². The van der Waals surface area contributed by atoms with Crippen LogP contribution in [0.15, 0.2) is 52.7 Å². The van der Waals surface area contributed by atoms with Gasteiger partial charge in [0.15, 0.2) is 24.1 Å². The number of nitrogens with zero attached hydrogens (tertiary/aromatic N) is 2. The molecule has 0 amide bonds. The molecule has 0 aromatic heterocycles. The number of esters is 3. The second-order valence-corrected chi connectivity index (χ2v) is 11.0. The third kappa shape index (κ3) is 8.86. The van der Waals surface area contributed by atoms with E-state index in [-0.39, 0.29) is 0 Å². The lowest BCUT2D eigenvalue weighted by atomic mass is 9.90. The largest absolute Gasteiger partial charge is 0.455 e. The van der Waals surface area contributed by atoms with Gasteiger partial charge in [0.25, 0.3) is 0 Å². The molecule has 226 valence electrons. The van der Waals surface area contributed by atoms with Gasteiger partial charge in [0.1, 0.15) is 11.5 Å². The SMILES string of the molecule is CS[C@H]1O[C@@H](c2ccc(C)c(Cc3ccc(CCC/C(N=N)=N/N)cc3)c2)[C@H](OC(C)=O)[C@@H](OC(C)=O)[C@@H]1OC(C)=O. The van der Waals surface area contributed by atoms with Crippen LogP contribution in [0.5, 0.6) is 0 Å². The Morgan fingerprint density at radius 3 is 2.10 bits per heavy atom. The Kier molecular flexibility index (Phi) is 12.0. The van der Waals surface area contributed by atoms with Crippen LogP contribution in [0.1, 0.15) is 67.5 Å². The number of amidine groups is 1. The highest BCUT2D eigenvalue weighted by Gasteiger charge is 2.52. The minimum absolute atomic E-state index is 0.324. The highest BCUT2D eigenvalue weighted by atomic mass is 32.2. The van der Waals surface area contributed by atoms with E-state index in [1.807, 2.05) is 25.1 Å². The fourth-order valence-electron chi connectivity index (χ4n) is 4.93. The summed E-state index contributed by atoms with van der Waals surface area (Å²) in [5, 5.41) is 6.80. The average Bonchev–Trinajstić information content (AvgIpc) is 2.94. The van der Waals surface area contributed by atoms with Gasteiger partial charge in [-0.2, -0.15) is 5.10 Å². The van der Waals surface area contributed by atoms with Crippen LogP contribution in [-0.4, -0.2) is 53.7 Å². The van der Waals surface area contributed by atoms with Crippen LogP contribution in [0.25, 0.3) is 0 Å². The van der Waals surface area contributed by atoms with Gasteiger partial charge in [-0.1, -0.05) is 42.5 Å². The van der Waals surface area contributed by atoms with Crippen molar-refractivity contribution >= 4 is 35.5 Å². The third-order valence-corrected chi connectivity index (χ3v) is 7.74. The molecule has 0 bridgehead atoms. The van der Waals surface area contributed by atoms with Crippen molar-refractivity contribution in [3.8, 4) is 0 Å². The van der Waals surface area contributed by atoms with Crippen LogP contribution < -0.4 is 5.84 Å². The number of hydrogen-bond acceptors (Lipinski definition) is 11. The molecule has 11 nitrogen and oxygen atoms in total. The molecular weight excluding hydrogens is 560 g/mol. The molecule has 0 spiro atoms. The summed E-state index contributed by atoms with van der Waals surface area (Å²) in [5.74, 6) is 3.80. The highest BCUT2D eigenvalue weighted by molar-refractivity contribution is 7.99. The molecule has 0 radical (unpaired) electrons. The molecule has 3 rings (SSSR count). The number of nitrogens with one attached hydrogen (secondary N) is 1. The minimum Gasteiger partial charge on any atom is -0.455 e. The van der Waals surface area contributed by atoms with Crippen LogP contribution in [-0.2, 0) is 46.2 Å². The van der Waals surface area contributed by atoms with Gasteiger partial charge in [-0.05, 0) is 60.3 Å². The number of carbonyl (C=O) groups excluding carboxylic acids is 3. The summed E-state index contributed by atoms with van der Waals surface area (Å²) >= 11 is 1.31. The Bertz CT molecular complexity index is 1300. The van der Waals surface area contributed by atoms with Crippen LogP contribution in [0.4, 0.5) is 0 Å². The van der Waals surface area contributed by atoms with Gasteiger partial charge in [-0.3, -0.25) is 14.4 Å². The Morgan fingerprint density at radius 2 is 1.52 bits per heavy atom. The zero-order valence-electron chi connectivity index (χ0n) is 24.5. The van der Waals surface area contributed by atoms with Crippen molar-refractivity contribution in [1.82, 2.24) is 0 Å². The summed E-state index contributed by atoms with van der Waals surface area (Å²) in [5.41, 5.74) is 11.5. The predicted octanol–water partition coefficient (Wildman–Crippen LogP) is 4.77. The Labute approximate surface area is 250 Å². The van der Waals surface area contributed by atoms with Crippen molar-refractivity contribution in [2.75, 3.05) is 6.26 Å². The summed E-state index contributed by atoms with van der Waals surface area (Å²) in [6.45, 7) is 5.80. The van der Waals surface area contributed by atoms with Crippen LogP contribution in [0.2, 0.25) is 0 Å². The number of aryl methyl sites for hydroxylation is 2. The molecule has 1 fully saturated rings. The number of ether oxygens (including phenoxy) is 4. The number of benzene rings is 2. The monoisotopic (exact) mass is 598 g/mol. The Morgan fingerprint density at radius 1 is 0.929 bits per heavy atom. The van der Waals surface area contributed by atoms with Crippen molar-refractivity contribution in [3.63, 3.8) is 0 Å². The van der Waals surface area contributed by atoms with E-state index < -0.39 is 47.8 Å². The quantitative estimate of drug-likeness (QED) is 0.0706. The van der Waals surface area contributed by atoms with Crippen molar-refractivity contribution in [2.45, 2.75) is 83.2 Å². The second-order valence-electron chi connectivity index (χ2n) is 10.1. The molecule has 2 aromatic rings. The van der Waals surface area contributed by atoms with Crippen molar-refractivity contribution in [3.05, 3.63) is 70.3 Å².